The van der Waals surface area contributed by atoms with Crippen molar-refractivity contribution in [3.05, 3.63) is 53.1 Å². The van der Waals surface area contributed by atoms with Gasteiger partial charge in [-0.3, -0.25) is 0 Å². The summed E-state index contributed by atoms with van der Waals surface area (Å²) in [6, 6.07) is 13.5. The van der Waals surface area contributed by atoms with E-state index in [9.17, 15) is 0 Å². The quantitative estimate of drug-likeness (QED) is 0.672. The fourth-order valence-electron chi connectivity index (χ4n) is 1.63. The van der Waals surface area contributed by atoms with Crippen LogP contribution in [0.15, 0.2) is 47.4 Å². The number of benzene rings is 2. The number of ether oxygens (including phenoxy) is 1. The fraction of sp³-hybridized carbons (Fsp3) is 0.143. The fourth-order valence-corrected chi connectivity index (χ4v) is 2.82. The highest BCUT2D eigenvalue weighted by atomic mass is 35.5. The third-order valence-corrected chi connectivity index (χ3v) is 3.77. The van der Waals surface area contributed by atoms with Crippen molar-refractivity contribution >= 4 is 29.1 Å². The SMILES string of the molecule is COc1ccc(N)cc1CSc1cccc(Cl)c1. The van der Waals surface area contributed by atoms with Crippen molar-refractivity contribution in [2.45, 2.75) is 10.6 Å². The first-order chi connectivity index (χ1) is 8.69. The minimum Gasteiger partial charge on any atom is -0.496 e. The average molecular weight is 280 g/mol. The highest BCUT2D eigenvalue weighted by Crippen LogP contribution is 2.30. The average Bonchev–Trinajstić information content (AvgIpc) is 2.37. The van der Waals surface area contributed by atoms with Crippen molar-refractivity contribution < 1.29 is 4.74 Å². The van der Waals surface area contributed by atoms with Crippen LogP contribution in [-0.4, -0.2) is 7.11 Å². The van der Waals surface area contributed by atoms with Gasteiger partial charge in [-0.1, -0.05) is 17.7 Å². The molecule has 0 heterocycles. The third kappa shape index (κ3) is 3.34. The molecule has 0 radical (unpaired) electrons. The van der Waals surface area contributed by atoms with Crippen LogP contribution in [0.2, 0.25) is 5.02 Å². The highest BCUT2D eigenvalue weighted by molar-refractivity contribution is 7.98. The lowest BCUT2D eigenvalue weighted by molar-refractivity contribution is 0.411. The zero-order valence-electron chi connectivity index (χ0n) is 10.0. The van der Waals surface area contributed by atoms with Gasteiger partial charge in [0.05, 0.1) is 7.11 Å². The number of anilines is 1. The molecular formula is C14H14ClNOS. The van der Waals surface area contributed by atoms with Crippen LogP contribution >= 0.6 is 23.4 Å². The molecule has 2 N–H and O–H groups in total. The van der Waals surface area contributed by atoms with Gasteiger partial charge >= 0.3 is 0 Å². The lowest BCUT2D eigenvalue weighted by atomic mass is 10.2. The standard InChI is InChI=1S/C14H14ClNOS/c1-17-14-6-5-12(16)7-10(14)9-18-13-4-2-3-11(15)8-13/h2-8H,9,16H2,1H3. The largest absolute Gasteiger partial charge is 0.496 e. The Morgan fingerprint density at radius 1 is 1.22 bits per heavy atom. The van der Waals surface area contributed by atoms with Crippen molar-refractivity contribution in [1.82, 2.24) is 0 Å². The lowest BCUT2D eigenvalue weighted by Gasteiger charge is -2.09. The molecule has 0 fully saturated rings. The number of nitrogens with two attached hydrogens (primary N) is 1. The van der Waals surface area contributed by atoms with E-state index >= 15 is 0 Å². The molecule has 0 bridgehead atoms. The van der Waals surface area contributed by atoms with Crippen molar-refractivity contribution in [3.63, 3.8) is 0 Å². The van der Waals surface area contributed by atoms with Crippen LogP contribution in [0, 0.1) is 0 Å². The first kappa shape index (κ1) is 13.1. The number of methoxy groups -OCH3 is 1. The monoisotopic (exact) mass is 279 g/mol. The molecule has 2 nitrogen and oxygen atoms in total. The first-order valence-electron chi connectivity index (χ1n) is 5.50. The maximum absolute atomic E-state index is 5.95. The summed E-state index contributed by atoms with van der Waals surface area (Å²) in [5.74, 6) is 1.66. The van der Waals surface area contributed by atoms with Gasteiger partial charge in [-0.15, -0.1) is 11.8 Å². The van der Waals surface area contributed by atoms with Gasteiger partial charge in [0, 0.05) is 26.9 Å². The summed E-state index contributed by atoms with van der Waals surface area (Å²) in [4.78, 5) is 1.13. The van der Waals surface area contributed by atoms with E-state index in [1.54, 1.807) is 18.9 Å². The predicted molar refractivity (Wildman–Crippen MR) is 78.4 cm³/mol. The van der Waals surface area contributed by atoms with E-state index < -0.39 is 0 Å². The summed E-state index contributed by atoms with van der Waals surface area (Å²) in [6.45, 7) is 0. The molecule has 94 valence electrons. The van der Waals surface area contributed by atoms with Crippen molar-refractivity contribution in [3.8, 4) is 5.75 Å². The maximum atomic E-state index is 5.95. The van der Waals surface area contributed by atoms with Crippen LogP contribution < -0.4 is 10.5 Å². The smallest absolute Gasteiger partial charge is 0.123 e. The summed E-state index contributed by atoms with van der Waals surface area (Å²) < 4.78 is 5.32. The number of rotatable bonds is 4. The number of thioether (sulfide) groups is 1. The van der Waals surface area contributed by atoms with Gasteiger partial charge in [0.15, 0.2) is 0 Å². The first-order valence-corrected chi connectivity index (χ1v) is 6.86. The third-order valence-electron chi connectivity index (χ3n) is 2.49. The molecule has 0 atom stereocenters. The Balaban J connectivity index is 2.12. The van der Waals surface area contributed by atoms with E-state index in [1.165, 1.54) is 0 Å². The Bertz CT molecular complexity index is 545. The highest BCUT2D eigenvalue weighted by Gasteiger charge is 2.04. The van der Waals surface area contributed by atoms with Crippen molar-refractivity contribution in [1.29, 1.82) is 0 Å². The van der Waals surface area contributed by atoms with Crippen molar-refractivity contribution in [2.24, 2.45) is 0 Å². The second kappa shape index (κ2) is 6.03. The van der Waals surface area contributed by atoms with Gasteiger partial charge in [0.1, 0.15) is 5.75 Å². The molecule has 4 heteroatoms. The summed E-state index contributed by atoms with van der Waals surface area (Å²) >= 11 is 7.66. The topological polar surface area (TPSA) is 35.2 Å². The molecule has 2 aromatic rings. The van der Waals surface area contributed by atoms with Crippen LogP contribution in [0.1, 0.15) is 5.56 Å². The molecule has 0 aliphatic rings. The minimum atomic E-state index is 0.748. The van der Waals surface area contributed by atoms with Gasteiger partial charge in [-0.05, 0) is 36.4 Å². The van der Waals surface area contributed by atoms with Gasteiger partial charge in [0.2, 0.25) is 0 Å². The molecule has 2 aromatic carbocycles. The summed E-state index contributed by atoms with van der Waals surface area (Å²) in [7, 11) is 1.67. The van der Waals surface area contributed by atoms with Crippen LogP contribution in [0.5, 0.6) is 5.75 Å². The summed E-state index contributed by atoms with van der Waals surface area (Å²) in [5, 5.41) is 0.750. The number of hydrogen-bond acceptors (Lipinski definition) is 3. The van der Waals surface area contributed by atoms with Gasteiger partial charge in [-0.25, -0.2) is 0 Å². The molecule has 0 saturated heterocycles. The number of halogens is 1. The normalized spacial score (nSPS) is 10.3. The molecular weight excluding hydrogens is 266 g/mol. The van der Waals surface area contributed by atoms with E-state index in [1.807, 2.05) is 42.5 Å². The Morgan fingerprint density at radius 3 is 2.78 bits per heavy atom. The zero-order chi connectivity index (χ0) is 13.0. The van der Waals surface area contributed by atoms with Crippen LogP contribution in [0.3, 0.4) is 0 Å². The number of nitrogen functional groups attached to an aromatic ring is 1. The van der Waals surface area contributed by atoms with Gasteiger partial charge in [-0.2, -0.15) is 0 Å². The minimum absolute atomic E-state index is 0.748. The second-order valence-corrected chi connectivity index (χ2v) is 5.30. The van der Waals surface area contributed by atoms with Crippen LogP contribution in [-0.2, 0) is 5.75 Å². The molecule has 0 saturated carbocycles. The molecule has 0 aliphatic carbocycles. The molecule has 2 rings (SSSR count). The lowest BCUT2D eigenvalue weighted by Crippen LogP contribution is -1.93. The predicted octanol–water partition coefficient (Wildman–Crippen LogP) is 4.22. The van der Waals surface area contributed by atoms with E-state index in [2.05, 4.69) is 0 Å². The van der Waals surface area contributed by atoms with Gasteiger partial charge in [0.25, 0.3) is 0 Å². The van der Waals surface area contributed by atoms with E-state index in [-0.39, 0.29) is 0 Å². The number of hydrogen-bond donors (Lipinski definition) is 1. The van der Waals surface area contributed by atoms with E-state index in [0.29, 0.717) is 0 Å². The van der Waals surface area contributed by atoms with Gasteiger partial charge < -0.3 is 10.5 Å². The van der Waals surface area contributed by atoms with E-state index in [0.717, 1.165) is 32.7 Å². The Morgan fingerprint density at radius 2 is 2.06 bits per heavy atom. The maximum Gasteiger partial charge on any atom is 0.123 e. The molecule has 0 unspecified atom stereocenters. The molecule has 0 spiro atoms. The van der Waals surface area contributed by atoms with Crippen LogP contribution in [0.25, 0.3) is 0 Å². The molecule has 0 aliphatic heterocycles. The Kier molecular flexibility index (Phi) is 4.39. The Hall–Kier alpha value is -1.32. The second-order valence-electron chi connectivity index (χ2n) is 3.82. The summed E-state index contributed by atoms with van der Waals surface area (Å²) in [6.07, 6.45) is 0. The molecule has 18 heavy (non-hydrogen) atoms. The zero-order valence-corrected chi connectivity index (χ0v) is 11.6. The van der Waals surface area contributed by atoms with Crippen LogP contribution in [0.4, 0.5) is 5.69 Å². The van der Waals surface area contributed by atoms with Crippen molar-refractivity contribution in [2.75, 3.05) is 12.8 Å². The molecule has 0 amide bonds. The Labute approximate surface area is 116 Å². The summed E-state index contributed by atoms with van der Waals surface area (Å²) in [5.41, 5.74) is 7.62. The van der Waals surface area contributed by atoms with E-state index in [4.69, 9.17) is 22.1 Å². The molecule has 0 aromatic heterocycles.